The molecular weight excluding hydrogens is 342 g/mol. The number of carbonyl (C=O) groups is 1. The summed E-state index contributed by atoms with van der Waals surface area (Å²) in [6.07, 6.45) is 2.18. The van der Waals surface area contributed by atoms with Gasteiger partial charge in [-0.3, -0.25) is 4.79 Å². The van der Waals surface area contributed by atoms with Crippen molar-refractivity contribution in [2.24, 2.45) is 0 Å². The van der Waals surface area contributed by atoms with E-state index in [1.807, 2.05) is 56.3 Å². The second-order valence-electron chi connectivity index (χ2n) is 6.64. The predicted octanol–water partition coefficient (Wildman–Crippen LogP) is 4.13. The molecule has 1 saturated heterocycles. The highest BCUT2D eigenvalue weighted by atomic mass is 16.5. The van der Waals surface area contributed by atoms with Gasteiger partial charge in [-0.05, 0) is 56.5 Å². The molecule has 1 amide bonds. The van der Waals surface area contributed by atoms with Crippen molar-refractivity contribution in [2.45, 2.75) is 38.8 Å². The Labute approximate surface area is 160 Å². The van der Waals surface area contributed by atoms with Crippen molar-refractivity contribution in [1.82, 2.24) is 5.32 Å². The lowest BCUT2D eigenvalue weighted by molar-refractivity contribution is 0.0670. The summed E-state index contributed by atoms with van der Waals surface area (Å²) >= 11 is 0. The number of carbonyl (C=O) groups excluding carboxylic acids is 1. The third-order valence-electron chi connectivity index (χ3n) is 4.62. The van der Waals surface area contributed by atoms with Crippen LogP contribution in [0, 0.1) is 0 Å². The normalized spacial score (nSPS) is 17.3. The van der Waals surface area contributed by atoms with Gasteiger partial charge in [0.25, 0.3) is 5.91 Å². The standard InChI is InChI=1S/C22H27NO4/c1-3-25-18-12-10-17(11-13-18)16(2)23-22(24)20-8-4-5-9-21(20)27-15-19-7-6-14-26-19/h4-5,8-13,16,19H,3,6-7,14-15H2,1-2H3,(H,23,24). The molecule has 144 valence electrons. The SMILES string of the molecule is CCOc1ccc(C(C)NC(=O)c2ccccc2OCC2CCCO2)cc1. The molecule has 0 radical (unpaired) electrons. The maximum absolute atomic E-state index is 12.8. The first-order valence-corrected chi connectivity index (χ1v) is 9.54. The summed E-state index contributed by atoms with van der Waals surface area (Å²) in [6.45, 7) is 5.81. The Balaban J connectivity index is 1.62. The maximum atomic E-state index is 12.8. The van der Waals surface area contributed by atoms with E-state index in [1.54, 1.807) is 6.07 Å². The van der Waals surface area contributed by atoms with Gasteiger partial charge in [0.1, 0.15) is 18.1 Å². The second kappa shape index (κ2) is 9.42. The van der Waals surface area contributed by atoms with Crippen LogP contribution in [-0.2, 0) is 4.74 Å². The van der Waals surface area contributed by atoms with E-state index in [9.17, 15) is 4.79 Å². The van der Waals surface area contributed by atoms with Gasteiger partial charge in [0.05, 0.1) is 24.3 Å². The van der Waals surface area contributed by atoms with E-state index in [-0.39, 0.29) is 18.1 Å². The first-order chi connectivity index (χ1) is 13.2. The van der Waals surface area contributed by atoms with Crippen LogP contribution in [0.1, 0.15) is 48.7 Å². The third-order valence-corrected chi connectivity index (χ3v) is 4.62. The molecule has 0 aliphatic carbocycles. The van der Waals surface area contributed by atoms with Crippen molar-refractivity contribution in [3.63, 3.8) is 0 Å². The molecule has 0 spiro atoms. The molecule has 2 aromatic carbocycles. The molecule has 3 rings (SSSR count). The van der Waals surface area contributed by atoms with Gasteiger partial charge < -0.3 is 19.5 Å². The molecule has 1 aliphatic rings. The first-order valence-electron chi connectivity index (χ1n) is 9.54. The molecule has 5 heteroatoms. The summed E-state index contributed by atoms with van der Waals surface area (Å²) < 4.78 is 16.9. The van der Waals surface area contributed by atoms with Crippen LogP contribution in [0.3, 0.4) is 0 Å². The van der Waals surface area contributed by atoms with Gasteiger partial charge in [-0.15, -0.1) is 0 Å². The molecule has 2 atom stereocenters. The van der Waals surface area contributed by atoms with Crippen LogP contribution >= 0.6 is 0 Å². The summed E-state index contributed by atoms with van der Waals surface area (Å²) in [4.78, 5) is 12.8. The average molecular weight is 369 g/mol. The minimum atomic E-state index is -0.153. The minimum Gasteiger partial charge on any atom is -0.494 e. The summed E-state index contributed by atoms with van der Waals surface area (Å²) in [6, 6.07) is 15.0. The minimum absolute atomic E-state index is 0.115. The van der Waals surface area contributed by atoms with Crippen LogP contribution in [-0.4, -0.2) is 31.8 Å². The lowest BCUT2D eigenvalue weighted by Gasteiger charge is -2.17. The van der Waals surface area contributed by atoms with Crippen molar-refractivity contribution in [3.05, 3.63) is 59.7 Å². The Kier molecular flexibility index (Phi) is 6.71. The molecule has 27 heavy (non-hydrogen) atoms. The summed E-state index contributed by atoms with van der Waals surface area (Å²) in [5.74, 6) is 1.26. The summed E-state index contributed by atoms with van der Waals surface area (Å²) in [7, 11) is 0. The van der Waals surface area contributed by atoms with Gasteiger partial charge in [-0.1, -0.05) is 24.3 Å². The predicted molar refractivity (Wildman–Crippen MR) is 104 cm³/mol. The molecule has 1 fully saturated rings. The molecular formula is C22H27NO4. The molecule has 1 N–H and O–H groups in total. The molecule has 0 bridgehead atoms. The zero-order valence-electron chi connectivity index (χ0n) is 15.9. The number of hydrogen-bond acceptors (Lipinski definition) is 4. The number of para-hydroxylation sites is 1. The highest BCUT2D eigenvalue weighted by Crippen LogP contribution is 2.22. The highest BCUT2D eigenvalue weighted by molar-refractivity contribution is 5.97. The van der Waals surface area contributed by atoms with Crippen molar-refractivity contribution in [2.75, 3.05) is 19.8 Å². The smallest absolute Gasteiger partial charge is 0.255 e. The third kappa shape index (κ3) is 5.23. The fourth-order valence-electron chi connectivity index (χ4n) is 3.12. The molecule has 0 saturated carbocycles. The average Bonchev–Trinajstić information content (AvgIpc) is 3.21. The Morgan fingerprint density at radius 3 is 2.67 bits per heavy atom. The number of nitrogens with one attached hydrogen (secondary N) is 1. The number of benzene rings is 2. The molecule has 5 nitrogen and oxygen atoms in total. The van der Waals surface area contributed by atoms with Crippen molar-refractivity contribution in [3.8, 4) is 11.5 Å². The van der Waals surface area contributed by atoms with Crippen LogP contribution in [0.25, 0.3) is 0 Å². The lowest BCUT2D eigenvalue weighted by Crippen LogP contribution is -2.27. The Bertz CT molecular complexity index is 738. The fraction of sp³-hybridized carbons (Fsp3) is 0.409. The molecule has 0 aromatic heterocycles. The molecule has 2 aromatic rings. The van der Waals surface area contributed by atoms with Crippen molar-refractivity contribution >= 4 is 5.91 Å². The quantitative estimate of drug-likeness (QED) is 0.760. The fourth-order valence-corrected chi connectivity index (χ4v) is 3.12. The number of amides is 1. The zero-order valence-corrected chi connectivity index (χ0v) is 15.9. The number of ether oxygens (including phenoxy) is 3. The van der Waals surface area contributed by atoms with E-state index in [0.717, 1.165) is 30.8 Å². The topological polar surface area (TPSA) is 56.8 Å². The largest absolute Gasteiger partial charge is 0.494 e. The van der Waals surface area contributed by atoms with Gasteiger partial charge in [-0.25, -0.2) is 0 Å². The van der Waals surface area contributed by atoms with Gasteiger partial charge >= 0.3 is 0 Å². The van der Waals surface area contributed by atoms with Gasteiger partial charge in [0, 0.05) is 6.61 Å². The van der Waals surface area contributed by atoms with Crippen LogP contribution in [0.4, 0.5) is 0 Å². The van der Waals surface area contributed by atoms with Crippen LogP contribution in [0.5, 0.6) is 11.5 Å². The van der Waals surface area contributed by atoms with Gasteiger partial charge in [0.15, 0.2) is 0 Å². The van der Waals surface area contributed by atoms with Crippen LogP contribution in [0.15, 0.2) is 48.5 Å². The van der Waals surface area contributed by atoms with E-state index in [4.69, 9.17) is 14.2 Å². The summed E-state index contributed by atoms with van der Waals surface area (Å²) in [5, 5.41) is 3.04. The number of hydrogen-bond donors (Lipinski definition) is 1. The van der Waals surface area contributed by atoms with E-state index < -0.39 is 0 Å². The molecule has 1 aliphatic heterocycles. The van der Waals surface area contributed by atoms with E-state index in [0.29, 0.717) is 24.5 Å². The van der Waals surface area contributed by atoms with E-state index in [1.165, 1.54) is 0 Å². The van der Waals surface area contributed by atoms with E-state index >= 15 is 0 Å². The Hall–Kier alpha value is -2.53. The monoisotopic (exact) mass is 369 g/mol. The van der Waals surface area contributed by atoms with Gasteiger partial charge in [-0.2, -0.15) is 0 Å². The lowest BCUT2D eigenvalue weighted by atomic mass is 10.1. The van der Waals surface area contributed by atoms with Crippen LogP contribution < -0.4 is 14.8 Å². The van der Waals surface area contributed by atoms with E-state index in [2.05, 4.69) is 5.32 Å². The Morgan fingerprint density at radius 1 is 1.19 bits per heavy atom. The maximum Gasteiger partial charge on any atom is 0.255 e. The second-order valence-corrected chi connectivity index (χ2v) is 6.64. The Morgan fingerprint density at radius 2 is 1.96 bits per heavy atom. The zero-order chi connectivity index (χ0) is 19.1. The summed E-state index contributed by atoms with van der Waals surface area (Å²) in [5.41, 5.74) is 1.55. The van der Waals surface area contributed by atoms with Crippen molar-refractivity contribution in [1.29, 1.82) is 0 Å². The molecule has 2 unspecified atom stereocenters. The van der Waals surface area contributed by atoms with Gasteiger partial charge in [0.2, 0.25) is 0 Å². The first kappa shape index (κ1) is 19.2. The molecule has 1 heterocycles. The van der Waals surface area contributed by atoms with Crippen LogP contribution in [0.2, 0.25) is 0 Å². The van der Waals surface area contributed by atoms with Crippen molar-refractivity contribution < 1.29 is 19.0 Å². The number of rotatable bonds is 8. The highest BCUT2D eigenvalue weighted by Gasteiger charge is 2.19.